The van der Waals surface area contributed by atoms with Crippen molar-refractivity contribution in [3.05, 3.63) is 59.7 Å². The van der Waals surface area contributed by atoms with Gasteiger partial charge in [0.2, 0.25) is 5.91 Å². The van der Waals surface area contributed by atoms with Gasteiger partial charge in [-0.15, -0.1) is 0 Å². The van der Waals surface area contributed by atoms with Crippen molar-refractivity contribution in [1.29, 1.82) is 0 Å². The first kappa shape index (κ1) is 21.8. The van der Waals surface area contributed by atoms with Gasteiger partial charge in [0.1, 0.15) is 13.2 Å². The van der Waals surface area contributed by atoms with Crippen LogP contribution in [0.2, 0.25) is 0 Å². The summed E-state index contributed by atoms with van der Waals surface area (Å²) in [7, 11) is 0. The van der Waals surface area contributed by atoms with Crippen LogP contribution in [-0.2, 0) is 19.1 Å². The number of carbonyl (C=O) groups is 3. The number of alkyl carbamates (subject to hydrolysis) is 1. The van der Waals surface area contributed by atoms with E-state index in [4.69, 9.17) is 14.6 Å². The summed E-state index contributed by atoms with van der Waals surface area (Å²) >= 11 is 0. The summed E-state index contributed by atoms with van der Waals surface area (Å²) in [6, 6.07) is 16.0. The number of rotatable bonds is 7. The van der Waals surface area contributed by atoms with Crippen molar-refractivity contribution in [3.63, 3.8) is 0 Å². The van der Waals surface area contributed by atoms with Gasteiger partial charge in [-0.3, -0.25) is 9.59 Å². The molecule has 0 radical (unpaired) electrons. The first-order valence-electron chi connectivity index (χ1n) is 10.7. The summed E-state index contributed by atoms with van der Waals surface area (Å²) in [6.07, 6.45) is 0.0950. The lowest BCUT2D eigenvalue weighted by Gasteiger charge is -2.31. The molecule has 2 aromatic rings. The standard InChI is InChI=1S/C24H26N2O6/c27-22(25-12-23(28)29)11-15-13-31-10-9-21(15)26-24(30)32-14-20-18-7-3-1-5-16(18)17-6-2-4-8-19(17)20/h1-8,15,20-21H,9-14H2,(H,25,27)(H,26,30)(H,28,29). The molecule has 1 aliphatic heterocycles. The largest absolute Gasteiger partial charge is 0.480 e. The SMILES string of the molecule is O=C(O)CNC(=O)CC1COCCC1NC(=O)OCC1c2ccccc2-c2ccccc21. The van der Waals surface area contributed by atoms with Gasteiger partial charge in [0.05, 0.1) is 6.61 Å². The first-order chi connectivity index (χ1) is 15.5. The number of benzene rings is 2. The second-order valence-corrected chi connectivity index (χ2v) is 8.07. The van der Waals surface area contributed by atoms with Crippen molar-refractivity contribution < 1.29 is 29.0 Å². The highest BCUT2D eigenvalue weighted by molar-refractivity contribution is 5.81. The Kier molecular flexibility index (Phi) is 6.70. The monoisotopic (exact) mass is 438 g/mol. The molecular formula is C24H26N2O6. The predicted octanol–water partition coefficient (Wildman–Crippen LogP) is 2.52. The second kappa shape index (κ2) is 9.82. The molecule has 0 spiro atoms. The van der Waals surface area contributed by atoms with Gasteiger partial charge in [-0.2, -0.15) is 0 Å². The molecule has 2 aliphatic rings. The summed E-state index contributed by atoms with van der Waals surface area (Å²) in [5.41, 5.74) is 4.60. The molecule has 2 unspecified atom stereocenters. The van der Waals surface area contributed by atoms with Crippen molar-refractivity contribution in [2.75, 3.05) is 26.4 Å². The van der Waals surface area contributed by atoms with E-state index in [2.05, 4.69) is 34.9 Å². The van der Waals surface area contributed by atoms with E-state index >= 15 is 0 Å². The molecule has 1 aliphatic carbocycles. The molecule has 1 saturated heterocycles. The molecule has 8 heteroatoms. The number of nitrogens with one attached hydrogen (secondary N) is 2. The first-order valence-corrected chi connectivity index (χ1v) is 10.7. The summed E-state index contributed by atoms with van der Waals surface area (Å²) in [5.74, 6) is -1.77. The molecule has 2 atom stereocenters. The van der Waals surface area contributed by atoms with Gasteiger partial charge in [-0.05, 0) is 28.7 Å². The molecule has 2 amide bonds. The number of hydrogen-bond donors (Lipinski definition) is 3. The van der Waals surface area contributed by atoms with Crippen molar-refractivity contribution in [2.24, 2.45) is 5.92 Å². The molecule has 32 heavy (non-hydrogen) atoms. The third-order valence-corrected chi connectivity index (χ3v) is 6.01. The number of hydrogen-bond acceptors (Lipinski definition) is 5. The molecule has 8 nitrogen and oxygen atoms in total. The van der Waals surface area contributed by atoms with E-state index in [9.17, 15) is 14.4 Å². The minimum absolute atomic E-state index is 0.0274. The Balaban J connectivity index is 1.35. The van der Waals surface area contributed by atoms with Gasteiger partial charge < -0.3 is 25.2 Å². The van der Waals surface area contributed by atoms with Gasteiger partial charge in [0, 0.05) is 30.9 Å². The number of aliphatic carboxylic acids is 1. The smallest absolute Gasteiger partial charge is 0.407 e. The Morgan fingerprint density at radius 3 is 2.34 bits per heavy atom. The second-order valence-electron chi connectivity index (χ2n) is 8.07. The van der Waals surface area contributed by atoms with Gasteiger partial charge in [0.15, 0.2) is 0 Å². The maximum absolute atomic E-state index is 12.6. The van der Waals surface area contributed by atoms with Crippen LogP contribution in [0.5, 0.6) is 0 Å². The fourth-order valence-electron chi connectivity index (χ4n) is 4.46. The molecule has 168 valence electrons. The van der Waals surface area contributed by atoms with Crippen LogP contribution >= 0.6 is 0 Å². The number of ether oxygens (including phenoxy) is 2. The predicted molar refractivity (Wildman–Crippen MR) is 116 cm³/mol. The lowest BCUT2D eigenvalue weighted by Crippen LogP contribution is -2.47. The van der Waals surface area contributed by atoms with Crippen molar-refractivity contribution >= 4 is 18.0 Å². The number of carboxylic acids is 1. The Bertz CT molecular complexity index is 962. The minimum Gasteiger partial charge on any atom is -0.480 e. The van der Waals surface area contributed by atoms with E-state index in [1.165, 1.54) is 0 Å². The van der Waals surface area contributed by atoms with Gasteiger partial charge >= 0.3 is 12.1 Å². The van der Waals surface area contributed by atoms with E-state index in [1.807, 2.05) is 24.3 Å². The summed E-state index contributed by atoms with van der Waals surface area (Å²) in [4.78, 5) is 35.2. The quantitative estimate of drug-likeness (QED) is 0.612. The number of carboxylic acid groups (broad SMARTS) is 1. The average molecular weight is 438 g/mol. The van der Waals surface area contributed by atoms with Crippen LogP contribution in [0.1, 0.15) is 29.9 Å². The van der Waals surface area contributed by atoms with Crippen molar-refractivity contribution in [2.45, 2.75) is 24.8 Å². The molecule has 0 saturated carbocycles. The Morgan fingerprint density at radius 1 is 1.03 bits per heavy atom. The highest BCUT2D eigenvalue weighted by atomic mass is 16.5. The minimum atomic E-state index is -1.11. The molecule has 3 N–H and O–H groups in total. The average Bonchev–Trinajstić information content (AvgIpc) is 3.11. The summed E-state index contributed by atoms with van der Waals surface area (Å²) in [6.45, 7) is 0.570. The van der Waals surface area contributed by atoms with Crippen LogP contribution in [0.15, 0.2) is 48.5 Å². The third-order valence-electron chi connectivity index (χ3n) is 6.01. The number of fused-ring (bicyclic) bond motifs is 3. The maximum atomic E-state index is 12.6. The zero-order valence-electron chi connectivity index (χ0n) is 17.6. The summed E-state index contributed by atoms with van der Waals surface area (Å²) in [5, 5.41) is 13.9. The highest BCUT2D eigenvalue weighted by Crippen LogP contribution is 2.44. The lowest BCUT2D eigenvalue weighted by molar-refractivity contribution is -0.138. The van der Waals surface area contributed by atoms with Crippen LogP contribution in [-0.4, -0.2) is 55.5 Å². The van der Waals surface area contributed by atoms with Crippen LogP contribution in [0.3, 0.4) is 0 Å². The molecule has 1 fully saturated rings. The Labute approximate surface area is 185 Å². The molecule has 2 aromatic carbocycles. The molecule has 0 bridgehead atoms. The van der Waals surface area contributed by atoms with Gasteiger partial charge in [-0.1, -0.05) is 48.5 Å². The normalized spacial score (nSPS) is 19.5. The topological polar surface area (TPSA) is 114 Å². The third kappa shape index (κ3) is 4.91. The van der Waals surface area contributed by atoms with Crippen LogP contribution in [0, 0.1) is 5.92 Å². The van der Waals surface area contributed by atoms with Crippen molar-refractivity contribution in [1.82, 2.24) is 10.6 Å². The van der Waals surface area contributed by atoms with E-state index in [-0.39, 0.29) is 36.8 Å². The molecular weight excluding hydrogens is 412 g/mol. The Morgan fingerprint density at radius 2 is 1.69 bits per heavy atom. The van der Waals surface area contributed by atoms with E-state index in [0.29, 0.717) is 19.6 Å². The molecule has 0 aromatic heterocycles. The van der Waals surface area contributed by atoms with Crippen molar-refractivity contribution in [3.8, 4) is 11.1 Å². The highest BCUT2D eigenvalue weighted by Gasteiger charge is 2.32. The maximum Gasteiger partial charge on any atom is 0.407 e. The lowest BCUT2D eigenvalue weighted by atomic mass is 9.92. The molecule has 1 heterocycles. The van der Waals surface area contributed by atoms with Gasteiger partial charge in [-0.25, -0.2) is 4.79 Å². The number of amides is 2. The van der Waals surface area contributed by atoms with Gasteiger partial charge in [0.25, 0.3) is 0 Å². The van der Waals surface area contributed by atoms with Crippen LogP contribution in [0.4, 0.5) is 4.79 Å². The zero-order chi connectivity index (χ0) is 22.5. The fourth-order valence-corrected chi connectivity index (χ4v) is 4.46. The van der Waals surface area contributed by atoms with E-state index < -0.39 is 18.6 Å². The summed E-state index contributed by atoms with van der Waals surface area (Å²) < 4.78 is 11.1. The number of carbonyl (C=O) groups excluding carboxylic acids is 2. The zero-order valence-corrected chi connectivity index (χ0v) is 17.6. The fraction of sp³-hybridized carbons (Fsp3) is 0.375. The van der Waals surface area contributed by atoms with E-state index in [0.717, 1.165) is 22.3 Å². The van der Waals surface area contributed by atoms with Crippen LogP contribution < -0.4 is 10.6 Å². The molecule has 4 rings (SSSR count). The van der Waals surface area contributed by atoms with E-state index in [1.54, 1.807) is 0 Å². The Hall–Kier alpha value is -3.39. The van der Waals surface area contributed by atoms with Crippen LogP contribution in [0.25, 0.3) is 11.1 Å².